The molecule has 34 heavy (non-hydrogen) atoms. The van der Waals surface area contributed by atoms with Gasteiger partial charge >= 0.3 is 0 Å². The van der Waals surface area contributed by atoms with Crippen LogP contribution in [0.25, 0.3) is 11.5 Å². The Kier molecular flexibility index (Phi) is 5.70. The fraction of sp³-hybridized carbons (Fsp3) is 0.292. The fourth-order valence-electron chi connectivity index (χ4n) is 4.33. The van der Waals surface area contributed by atoms with Gasteiger partial charge in [-0.25, -0.2) is 4.68 Å². The van der Waals surface area contributed by atoms with Crippen molar-refractivity contribution in [3.05, 3.63) is 66.6 Å². The molecule has 4 heterocycles. The maximum absolute atomic E-state index is 13.5. The summed E-state index contributed by atoms with van der Waals surface area (Å²) < 4.78 is 3.64. The second-order valence-corrected chi connectivity index (χ2v) is 8.46. The lowest BCUT2D eigenvalue weighted by Crippen LogP contribution is -2.40. The molecule has 2 aromatic heterocycles. The van der Waals surface area contributed by atoms with Gasteiger partial charge in [0.2, 0.25) is 11.9 Å². The molecule has 2 aliphatic heterocycles. The molecule has 0 saturated carbocycles. The maximum atomic E-state index is 13.5. The fourth-order valence-corrected chi connectivity index (χ4v) is 4.33. The molecule has 174 valence electrons. The van der Waals surface area contributed by atoms with Crippen LogP contribution in [0.1, 0.15) is 23.2 Å². The SMILES string of the molecule is CN1CC(=O)NC1=NC(=O)C1CCN(C(=O)c2cnn(-c3ccccc3)c2-n2cccc2)CC1. The highest BCUT2D eigenvalue weighted by Gasteiger charge is 2.31. The molecule has 2 saturated heterocycles. The Labute approximate surface area is 196 Å². The van der Waals surface area contributed by atoms with Crippen molar-refractivity contribution in [2.45, 2.75) is 12.8 Å². The summed E-state index contributed by atoms with van der Waals surface area (Å²) in [4.78, 5) is 45.1. The molecule has 2 fully saturated rings. The molecular weight excluding hydrogens is 434 g/mol. The van der Waals surface area contributed by atoms with E-state index in [0.29, 0.717) is 37.3 Å². The van der Waals surface area contributed by atoms with E-state index in [9.17, 15) is 14.4 Å². The quantitative estimate of drug-likeness (QED) is 0.636. The minimum atomic E-state index is -0.279. The molecule has 1 N–H and O–H groups in total. The van der Waals surface area contributed by atoms with Gasteiger partial charge in [-0.3, -0.25) is 19.7 Å². The van der Waals surface area contributed by atoms with Gasteiger partial charge in [0, 0.05) is 38.4 Å². The molecular formula is C24H25N7O3. The van der Waals surface area contributed by atoms with Crippen LogP contribution in [-0.2, 0) is 9.59 Å². The van der Waals surface area contributed by atoms with Crippen molar-refractivity contribution < 1.29 is 14.4 Å². The largest absolute Gasteiger partial charge is 0.338 e. The monoisotopic (exact) mass is 459 g/mol. The summed E-state index contributed by atoms with van der Waals surface area (Å²) in [6, 6.07) is 13.5. The van der Waals surface area contributed by atoms with Crippen molar-refractivity contribution >= 4 is 23.7 Å². The van der Waals surface area contributed by atoms with Crippen molar-refractivity contribution in [3.63, 3.8) is 0 Å². The molecule has 0 spiro atoms. The van der Waals surface area contributed by atoms with E-state index < -0.39 is 0 Å². The summed E-state index contributed by atoms with van der Waals surface area (Å²) in [7, 11) is 1.71. The second kappa shape index (κ2) is 8.97. The van der Waals surface area contributed by atoms with Crippen molar-refractivity contribution in [3.8, 4) is 11.5 Å². The Hall–Kier alpha value is -4.21. The number of aromatic nitrogens is 3. The van der Waals surface area contributed by atoms with E-state index >= 15 is 0 Å². The highest BCUT2D eigenvalue weighted by molar-refractivity contribution is 6.08. The van der Waals surface area contributed by atoms with Crippen LogP contribution in [-0.4, -0.2) is 74.5 Å². The summed E-state index contributed by atoms with van der Waals surface area (Å²) in [5.41, 5.74) is 1.36. The lowest BCUT2D eigenvalue weighted by Gasteiger charge is -2.30. The number of benzene rings is 1. The van der Waals surface area contributed by atoms with Crippen molar-refractivity contribution in [1.82, 2.24) is 29.5 Å². The summed E-state index contributed by atoms with van der Waals surface area (Å²) in [5, 5.41) is 7.11. The topological polar surface area (TPSA) is 105 Å². The van der Waals surface area contributed by atoms with E-state index in [1.54, 1.807) is 27.7 Å². The third-order valence-electron chi connectivity index (χ3n) is 6.17. The number of carbonyl (C=O) groups excluding carboxylic acids is 3. The number of guanidine groups is 1. The number of aliphatic imine (C=N–C) groups is 1. The Morgan fingerprint density at radius 1 is 1.06 bits per heavy atom. The average Bonchev–Trinajstić information content (AvgIpc) is 3.59. The maximum Gasteiger partial charge on any atom is 0.259 e. The summed E-state index contributed by atoms with van der Waals surface area (Å²) in [6.45, 7) is 1.09. The lowest BCUT2D eigenvalue weighted by atomic mass is 9.96. The molecule has 10 heteroatoms. The Bertz CT molecular complexity index is 1240. The predicted octanol–water partition coefficient (Wildman–Crippen LogP) is 1.46. The number of hydrogen-bond acceptors (Lipinski definition) is 4. The van der Waals surface area contributed by atoms with Gasteiger partial charge in [0.15, 0.2) is 5.82 Å². The van der Waals surface area contributed by atoms with E-state index in [1.807, 2.05) is 59.4 Å². The molecule has 0 atom stereocenters. The zero-order valence-electron chi connectivity index (χ0n) is 18.8. The number of carbonyl (C=O) groups is 3. The highest BCUT2D eigenvalue weighted by Crippen LogP contribution is 2.25. The number of nitrogens with zero attached hydrogens (tertiary/aromatic N) is 6. The number of hydrogen-bond donors (Lipinski definition) is 1. The van der Waals surface area contributed by atoms with E-state index in [4.69, 9.17) is 0 Å². The number of likely N-dealkylation sites (N-methyl/N-ethyl adjacent to an activating group) is 1. The van der Waals surface area contributed by atoms with Gasteiger partial charge < -0.3 is 14.4 Å². The number of rotatable bonds is 4. The van der Waals surface area contributed by atoms with Gasteiger partial charge in [0.1, 0.15) is 5.56 Å². The second-order valence-electron chi connectivity index (χ2n) is 8.46. The van der Waals surface area contributed by atoms with E-state index in [-0.39, 0.29) is 36.1 Å². The Morgan fingerprint density at radius 2 is 1.76 bits per heavy atom. The van der Waals surface area contributed by atoms with Crippen LogP contribution in [0.4, 0.5) is 0 Å². The summed E-state index contributed by atoms with van der Waals surface area (Å²) in [6.07, 6.45) is 6.41. The third kappa shape index (κ3) is 4.09. The van der Waals surface area contributed by atoms with Gasteiger partial charge in [-0.2, -0.15) is 10.1 Å². The van der Waals surface area contributed by atoms with Crippen molar-refractivity contribution in [2.24, 2.45) is 10.9 Å². The van der Waals surface area contributed by atoms with E-state index in [0.717, 1.165) is 5.69 Å². The van der Waals surface area contributed by atoms with Crippen LogP contribution in [0, 0.1) is 5.92 Å². The molecule has 3 amide bonds. The number of para-hydroxylation sites is 1. The minimum Gasteiger partial charge on any atom is -0.338 e. The van der Waals surface area contributed by atoms with Crippen LogP contribution in [0.15, 0.2) is 66.0 Å². The predicted molar refractivity (Wildman–Crippen MR) is 125 cm³/mol. The summed E-state index contributed by atoms with van der Waals surface area (Å²) in [5.74, 6) is 0.124. The van der Waals surface area contributed by atoms with Crippen LogP contribution in [0.3, 0.4) is 0 Å². The van der Waals surface area contributed by atoms with Crippen LogP contribution in [0.2, 0.25) is 0 Å². The third-order valence-corrected chi connectivity index (χ3v) is 6.17. The Morgan fingerprint density at radius 3 is 2.41 bits per heavy atom. The standard InChI is InChI=1S/C24H25N7O3/c1-28-16-20(32)26-24(28)27-21(33)17-9-13-30(14-10-17)23(34)19-15-25-31(18-7-3-2-4-8-18)22(19)29-11-5-6-12-29/h2-8,11-12,15,17H,9-10,13-14,16H2,1H3,(H,26,27,32,33). The number of nitrogens with one attached hydrogen (secondary N) is 1. The normalized spacial score (nSPS) is 17.9. The van der Waals surface area contributed by atoms with E-state index in [2.05, 4.69) is 15.4 Å². The minimum absolute atomic E-state index is 0.120. The van der Waals surface area contributed by atoms with Gasteiger partial charge in [0.25, 0.3) is 11.8 Å². The molecule has 10 nitrogen and oxygen atoms in total. The van der Waals surface area contributed by atoms with Gasteiger partial charge in [-0.1, -0.05) is 18.2 Å². The molecule has 3 aromatic rings. The van der Waals surface area contributed by atoms with Gasteiger partial charge in [-0.05, 0) is 37.1 Å². The zero-order chi connectivity index (χ0) is 23.7. The molecule has 0 bridgehead atoms. The van der Waals surface area contributed by atoms with E-state index in [1.165, 1.54) is 0 Å². The van der Waals surface area contributed by atoms with Gasteiger partial charge in [0.05, 0.1) is 18.4 Å². The first-order valence-corrected chi connectivity index (χ1v) is 11.2. The molecule has 0 aliphatic carbocycles. The molecule has 2 aliphatic rings. The van der Waals surface area contributed by atoms with Crippen LogP contribution in [0.5, 0.6) is 0 Å². The zero-order valence-corrected chi connectivity index (χ0v) is 18.8. The lowest BCUT2D eigenvalue weighted by molar-refractivity contribution is -0.122. The van der Waals surface area contributed by atoms with Crippen LogP contribution < -0.4 is 5.32 Å². The number of piperidine rings is 1. The molecule has 1 aromatic carbocycles. The Balaban J connectivity index is 1.33. The highest BCUT2D eigenvalue weighted by atomic mass is 16.2. The van der Waals surface area contributed by atoms with Gasteiger partial charge in [-0.15, -0.1) is 0 Å². The van der Waals surface area contributed by atoms with Crippen LogP contribution >= 0.6 is 0 Å². The number of amides is 3. The summed E-state index contributed by atoms with van der Waals surface area (Å²) >= 11 is 0. The molecule has 0 unspecified atom stereocenters. The molecule has 0 radical (unpaired) electrons. The smallest absolute Gasteiger partial charge is 0.259 e. The number of likely N-dealkylation sites (tertiary alicyclic amines) is 1. The molecule has 5 rings (SSSR count). The average molecular weight is 460 g/mol. The first-order valence-electron chi connectivity index (χ1n) is 11.2. The van der Waals surface area contributed by atoms with Crippen molar-refractivity contribution in [2.75, 3.05) is 26.7 Å². The van der Waals surface area contributed by atoms with Crippen molar-refractivity contribution in [1.29, 1.82) is 0 Å². The first-order chi connectivity index (χ1) is 16.5. The first kappa shape index (κ1) is 21.6.